The lowest BCUT2D eigenvalue weighted by molar-refractivity contribution is 0.276. The van der Waals surface area contributed by atoms with Crippen LogP contribution in [0.3, 0.4) is 0 Å². The second-order valence-corrected chi connectivity index (χ2v) is 16.1. The summed E-state index contributed by atoms with van der Waals surface area (Å²) in [4.78, 5) is 14.6. The van der Waals surface area contributed by atoms with Crippen LogP contribution in [0.15, 0.2) is 55.1 Å². The number of aromatic nitrogens is 7. The lowest BCUT2D eigenvalue weighted by Gasteiger charge is -2.26. The quantitative estimate of drug-likeness (QED) is 0.175. The molecule has 0 aliphatic carbocycles. The predicted molar refractivity (Wildman–Crippen MR) is 164 cm³/mol. The monoisotopic (exact) mass is 556 g/mol. The number of fused-ring (bicyclic) bond motifs is 2. The Balaban J connectivity index is 1.45. The van der Waals surface area contributed by atoms with Gasteiger partial charge in [0.2, 0.25) is 0 Å². The van der Waals surface area contributed by atoms with Crippen molar-refractivity contribution < 1.29 is 4.43 Å². The topological polar surface area (TPSA) is 95.6 Å². The number of pyridine rings is 1. The molecule has 1 aromatic carbocycles. The number of hydrogen-bond donors (Lipinski definition) is 1. The van der Waals surface area contributed by atoms with Crippen LogP contribution in [0.5, 0.6) is 0 Å². The first kappa shape index (κ1) is 27.9. The first-order valence-corrected chi connectivity index (χ1v) is 17.2. The zero-order valence-corrected chi connectivity index (χ0v) is 25.6. The number of rotatable bonds is 11. The van der Waals surface area contributed by atoms with Gasteiger partial charge in [0.05, 0.1) is 42.7 Å². The van der Waals surface area contributed by atoms with E-state index < -0.39 is 8.32 Å². The minimum Gasteiger partial charge on any atom is -0.415 e. The largest absolute Gasteiger partial charge is 0.415 e. The van der Waals surface area contributed by atoms with Crippen molar-refractivity contribution in [2.75, 3.05) is 11.9 Å². The molecule has 2 atom stereocenters. The molecule has 0 aliphatic rings. The lowest BCUT2D eigenvalue weighted by atomic mass is 10.1. The van der Waals surface area contributed by atoms with Crippen LogP contribution in [0.1, 0.15) is 58.7 Å². The van der Waals surface area contributed by atoms with E-state index in [2.05, 4.69) is 75.2 Å². The van der Waals surface area contributed by atoms with Crippen molar-refractivity contribution in [3.63, 3.8) is 0 Å². The number of anilines is 1. The molecule has 0 amide bonds. The van der Waals surface area contributed by atoms with Crippen LogP contribution in [0.4, 0.5) is 5.82 Å². The smallest absolute Gasteiger partial charge is 0.189 e. The maximum absolute atomic E-state index is 6.26. The minimum absolute atomic E-state index is 0.0308. The standard InChI is InChI=1S/C30H40N8OSi/c1-8-21(4)38-28-27(18-33-38)35-29(25-17-32-37(19-25)13-14-39-40(6,7)20(2)3)36-30(28)34-22(5)24-15-23-11-9-10-12-26(23)31-16-24/h9-12,15-22H,8,13-14H2,1-7H3,(H,34,35,36)/t21?,22-/m1/s1. The molecule has 0 saturated heterocycles. The van der Waals surface area contributed by atoms with E-state index in [1.165, 1.54) is 0 Å². The fourth-order valence-corrected chi connectivity index (χ4v) is 5.43. The van der Waals surface area contributed by atoms with Crippen molar-refractivity contribution in [2.24, 2.45) is 0 Å². The van der Waals surface area contributed by atoms with Crippen LogP contribution < -0.4 is 5.32 Å². The molecule has 0 saturated carbocycles. The van der Waals surface area contributed by atoms with Gasteiger partial charge in [0.15, 0.2) is 20.0 Å². The molecule has 5 rings (SSSR count). The molecule has 0 spiro atoms. The second kappa shape index (κ2) is 11.5. The van der Waals surface area contributed by atoms with Gasteiger partial charge in [-0.05, 0) is 56.6 Å². The van der Waals surface area contributed by atoms with Crippen LogP contribution in [-0.4, -0.2) is 49.4 Å². The summed E-state index contributed by atoms with van der Waals surface area (Å²) in [6, 6.07) is 10.5. The van der Waals surface area contributed by atoms with Crippen molar-refractivity contribution in [1.29, 1.82) is 0 Å². The molecular weight excluding hydrogens is 516 g/mol. The van der Waals surface area contributed by atoms with E-state index in [1.54, 1.807) is 0 Å². The zero-order valence-electron chi connectivity index (χ0n) is 24.6. The maximum atomic E-state index is 6.26. The Morgan fingerprint density at radius 3 is 2.55 bits per heavy atom. The highest BCUT2D eigenvalue weighted by molar-refractivity contribution is 6.72. The Hall–Kier alpha value is -3.63. The molecule has 4 heterocycles. The van der Waals surface area contributed by atoms with Gasteiger partial charge in [0.1, 0.15) is 11.0 Å². The molecule has 9 nitrogen and oxygen atoms in total. The van der Waals surface area contributed by atoms with Gasteiger partial charge in [-0.25, -0.2) is 9.97 Å². The number of nitrogens with zero attached hydrogens (tertiary/aromatic N) is 7. The van der Waals surface area contributed by atoms with E-state index in [4.69, 9.17) is 19.5 Å². The lowest BCUT2D eigenvalue weighted by Crippen LogP contribution is -2.35. The molecule has 1 N–H and O–H groups in total. The molecule has 5 aromatic rings. The Morgan fingerprint density at radius 1 is 0.975 bits per heavy atom. The van der Waals surface area contributed by atoms with Crippen molar-refractivity contribution in [1.82, 2.24) is 34.5 Å². The Kier molecular flexibility index (Phi) is 8.00. The van der Waals surface area contributed by atoms with Crippen LogP contribution in [-0.2, 0) is 11.0 Å². The Labute approximate surface area is 237 Å². The normalized spacial score (nSPS) is 13.8. The van der Waals surface area contributed by atoms with E-state index in [-0.39, 0.29) is 12.1 Å². The van der Waals surface area contributed by atoms with Gasteiger partial charge in [0, 0.05) is 23.8 Å². The van der Waals surface area contributed by atoms with Crippen LogP contribution >= 0.6 is 0 Å². The molecule has 10 heteroatoms. The number of nitrogens with one attached hydrogen (secondary N) is 1. The van der Waals surface area contributed by atoms with E-state index in [1.807, 2.05) is 52.4 Å². The minimum atomic E-state index is -1.69. The van der Waals surface area contributed by atoms with E-state index in [0.29, 0.717) is 24.5 Å². The summed E-state index contributed by atoms with van der Waals surface area (Å²) in [7, 11) is -1.69. The first-order chi connectivity index (χ1) is 19.2. The van der Waals surface area contributed by atoms with Gasteiger partial charge in [-0.1, -0.05) is 39.0 Å². The van der Waals surface area contributed by atoms with Gasteiger partial charge in [-0.2, -0.15) is 10.2 Å². The summed E-state index contributed by atoms with van der Waals surface area (Å²) in [5, 5.41) is 14.0. The summed E-state index contributed by atoms with van der Waals surface area (Å²) in [6.07, 6.45) is 8.53. The highest BCUT2D eigenvalue weighted by Gasteiger charge is 2.26. The second-order valence-electron chi connectivity index (χ2n) is 11.4. The molecular formula is C30H40N8OSi. The summed E-state index contributed by atoms with van der Waals surface area (Å²) >= 11 is 0. The number of hydrogen-bond acceptors (Lipinski definition) is 7. The van der Waals surface area contributed by atoms with E-state index in [9.17, 15) is 0 Å². The molecule has 0 bridgehead atoms. The molecule has 0 aliphatic heterocycles. The average Bonchev–Trinajstić information content (AvgIpc) is 3.60. The van der Waals surface area contributed by atoms with Gasteiger partial charge < -0.3 is 9.74 Å². The third-order valence-electron chi connectivity index (χ3n) is 7.99. The van der Waals surface area contributed by atoms with Crippen LogP contribution in [0.25, 0.3) is 33.3 Å². The summed E-state index contributed by atoms with van der Waals surface area (Å²) in [5.41, 5.74) is 5.20. The van der Waals surface area contributed by atoms with Gasteiger partial charge in [-0.3, -0.25) is 14.3 Å². The highest BCUT2D eigenvalue weighted by atomic mass is 28.4. The molecule has 4 aromatic heterocycles. The van der Waals surface area contributed by atoms with E-state index in [0.717, 1.165) is 45.3 Å². The third-order valence-corrected chi connectivity index (χ3v) is 11.7. The van der Waals surface area contributed by atoms with Gasteiger partial charge in [-0.15, -0.1) is 0 Å². The fraction of sp³-hybridized carbons (Fsp3) is 0.433. The first-order valence-electron chi connectivity index (χ1n) is 14.2. The molecule has 1 unspecified atom stereocenters. The Morgan fingerprint density at radius 2 is 1.77 bits per heavy atom. The number of para-hydroxylation sites is 1. The van der Waals surface area contributed by atoms with E-state index >= 15 is 0 Å². The molecule has 0 radical (unpaired) electrons. The Bertz CT molecular complexity index is 1610. The third kappa shape index (κ3) is 5.78. The summed E-state index contributed by atoms with van der Waals surface area (Å²) in [6.45, 7) is 16.8. The number of benzene rings is 1. The maximum Gasteiger partial charge on any atom is 0.189 e. The van der Waals surface area contributed by atoms with Crippen molar-refractivity contribution >= 4 is 36.1 Å². The predicted octanol–water partition coefficient (Wildman–Crippen LogP) is 7.01. The van der Waals surface area contributed by atoms with Gasteiger partial charge in [0.25, 0.3) is 0 Å². The molecule has 0 fully saturated rings. The zero-order chi connectivity index (χ0) is 28.4. The fourth-order valence-electron chi connectivity index (χ4n) is 4.48. The summed E-state index contributed by atoms with van der Waals surface area (Å²) < 4.78 is 10.2. The molecule has 40 heavy (non-hydrogen) atoms. The van der Waals surface area contributed by atoms with Crippen LogP contribution in [0.2, 0.25) is 18.6 Å². The molecule has 210 valence electrons. The van der Waals surface area contributed by atoms with Crippen molar-refractivity contribution in [3.05, 3.63) is 60.7 Å². The highest BCUT2D eigenvalue weighted by Crippen LogP contribution is 2.30. The van der Waals surface area contributed by atoms with Gasteiger partial charge >= 0.3 is 0 Å². The van der Waals surface area contributed by atoms with Crippen molar-refractivity contribution in [3.8, 4) is 11.4 Å². The summed E-state index contributed by atoms with van der Waals surface area (Å²) in [5.74, 6) is 1.37. The van der Waals surface area contributed by atoms with Crippen molar-refractivity contribution in [2.45, 2.75) is 78.3 Å². The average molecular weight is 557 g/mol. The van der Waals surface area contributed by atoms with Crippen LogP contribution in [0, 0.1) is 0 Å². The SMILES string of the molecule is CCC(C)n1ncc2nc(-c3cnn(CCO[Si](C)(C)C(C)C)c3)nc(N[C@H](C)c3cnc4ccccc4c3)c21.